The number of amides is 1. The zero-order chi connectivity index (χ0) is 18.8. The van der Waals surface area contributed by atoms with Crippen LogP contribution in [0.25, 0.3) is 5.69 Å². The number of hydrogen-bond donors (Lipinski definition) is 1. The van der Waals surface area contributed by atoms with Crippen molar-refractivity contribution >= 4 is 17.3 Å². The van der Waals surface area contributed by atoms with Gasteiger partial charge in [-0.05, 0) is 44.0 Å². The molecule has 0 aliphatic carbocycles. The van der Waals surface area contributed by atoms with Gasteiger partial charge in [-0.2, -0.15) is 0 Å². The lowest BCUT2D eigenvalue weighted by molar-refractivity contribution is -0.384. The highest BCUT2D eigenvalue weighted by Gasteiger charge is 2.19. The standard InChI is InChI=1S/C18H17N5O3/c1-11-6-4-9-16(12(11)2)19-18(24)17-13(3)22(21-20-17)14-7-5-8-15(10-14)23(25)26/h4-10H,1-3H3,(H,19,24). The number of nitro benzene ring substituents is 1. The van der Waals surface area contributed by atoms with E-state index in [1.165, 1.54) is 16.8 Å². The molecule has 1 aromatic heterocycles. The van der Waals surface area contributed by atoms with Gasteiger partial charge >= 0.3 is 0 Å². The van der Waals surface area contributed by atoms with Crippen molar-refractivity contribution in [2.75, 3.05) is 5.32 Å². The quantitative estimate of drug-likeness (QED) is 0.573. The minimum atomic E-state index is -0.482. The molecule has 8 nitrogen and oxygen atoms in total. The summed E-state index contributed by atoms with van der Waals surface area (Å²) in [7, 11) is 0. The predicted molar refractivity (Wildman–Crippen MR) is 96.6 cm³/mol. The first-order chi connectivity index (χ1) is 12.4. The van der Waals surface area contributed by atoms with Crippen LogP contribution in [0, 0.1) is 30.9 Å². The molecule has 0 atom stereocenters. The van der Waals surface area contributed by atoms with Gasteiger partial charge in [0, 0.05) is 17.8 Å². The average Bonchev–Trinajstić information content (AvgIpc) is 3.00. The van der Waals surface area contributed by atoms with E-state index in [2.05, 4.69) is 15.6 Å². The Labute approximate surface area is 149 Å². The monoisotopic (exact) mass is 351 g/mol. The zero-order valence-corrected chi connectivity index (χ0v) is 14.6. The Morgan fingerprint density at radius 2 is 1.88 bits per heavy atom. The molecule has 26 heavy (non-hydrogen) atoms. The highest BCUT2D eigenvalue weighted by atomic mass is 16.6. The molecule has 8 heteroatoms. The van der Waals surface area contributed by atoms with Crippen molar-refractivity contribution in [2.45, 2.75) is 20.8 Å². The first kappa shape index (κ1) is 17.3. The fourth-order valence-electron chi connectivity index (χ4n) is 2.59. The molecule has 2 aromatic carbocycles. The van der Waals surface area contributed by atoms with Gasteiger partial charge in [-0.1, -0.05) is 23.4 Å². The van der Waals surface area contributed by atoms with Crippen LogP contribution >= 0.6 is 0 Å². The minimum absolute atomic E-state index is 0.0567. The molecule has 0 radical (unpaired) electrons. The Morgan fingerprint density at radius 1 is 1.15 bits per heavy atom. The number of carbonyl (C=O) groups excluding carboxylic acids is 1. The fraction of sp³-hybridized carbons (Fsp3) is 0.167. The molecule has 3 rings (SSSR count). The smallest absolute Gasteiger partial charge is 0.278 e. The first-order valence-corrected chi connectivity index (χ1v) is 7.93. The van der Waals surface area contributed by atoms with Crippen molar-refractivity contribution in [1.82, 2.24) is 15.0 Å². The number of anilines is 1. The van der Waals surface area contributed by atoms with Crippen LogP contribution < -0.4 is 5.32 Å². The zero-order valence-electron chi connectivity index (χ0n) is 14.6. The molecule has 1 N–H and O–H groups in total. The number of aromatic nitrogens is 3. The SMILES string of the molecule is Cc1cccc(NC(=O)c2nnn(-c3cccc([N+](=O)[O-])c3)c2C)c1C. The number of nitro groups is 1. The highest BCUT2D eigenvalue weighted by Crippen LogP contribution is 2.21. The van der Waals surface area contributed by atoms with Crippen LogP contribution in [0.15, 0.2) is 42.5 Å². The maximum atomic E-state index is 12.6. The van der Waals surface area contributed by atoms with Crippen LogP contribution in [0.2, 0.25) is 0 Å². The van der Waals surface area contributed by atoms with Crippen LogP contribution in [-0.4, -0.2) is 25.8 Å². The predicted octanol–water partition coefficient (Wildman–Crippen LogP) is 3.35. The average molecular weight is 351 g/mol. The van der Waals surface area contributed by atoms with Crippen molar-refractivity contribution in [2.24, 2.45) is 0 Å². The van der Waals surface area contributed by atoms with E-state index in [-0.39, 0.29) is 17.3 Å². The van der Waals surface area contributed by atoms with E-state index < -0.39 is 4.92 Å². The molecule has 0 aliphatic rings. The highest BCUT2D eigenvalue weighted by molar-refractivity contribution is 6.04. The van der Waals surface area contributed by atoms with Crippen molar-refractivity contribution in [3.8, 4) is 5.69 Å². The molecule has 1 heterocycles. The van der Waals surface area contributed by atoms with E-state index >= 15 is 0 Å². The summed E-state index contributed by atoms with van der Waals surface area (Å²) in [5, 5.41) is 21.7. The lowest BCUT2D eigenvalue weighted by Gasteiger charge is -2.09. The lowest BCUT2D eigenvalue weighted by atomic mass is 10.1. The molecule has 3 aromatic rings. The van der Waals surface area contributed by atoms with Crippen LogP contribution in [0.4, 0.5) is 11.4 Å². The fourth-order valence-corrected chi connectivity index (χ4v) is 2.59. The molecule has 0 bridgehead atoms. The van der Waals surface area contributed by atoms with Gasteiger partial charge < -0.3 is 5.32 Å². The maximum Gasteiger partial charge on any atom is 0.278 e. The summed E-state index contributed by atoms with van der Waals surface area (Å²) in [5.74, 6) is -0.382. The number of benzene rings is 2. The minimum Gasteiger partial charge on any atom is -0.320 e. The van der Waals surface area contributed by atoms with Gasteiger partial charge in [-0.15, -0.1) is 5.10 Å². The molecular formula is C18H17N5O3. The van der Waals surface area contributed by atoms with Crippen molar-refractivity contribution in [3.63, 3.8) is 0 Å². The third kappa shape index (κ3) is 3.16. The third-order valence-electron chi connectivity index (χ3n) is 4.25. The Bertz CT molecular complexity index is 1010. The summed E-state index contributed by atoms with van der Waals surface area (Å²) < 4.78 is 1.41. The van der Waals surface area contributed by atoms with Gasteiger partial charge in [0.25, 0.3) is 11.6 Å². The first-order valence-electron chi connectivity index (χ1n) is 7.93. The van der Waals surface area contributed by atoms with Gasteiger partial charge in [0.2, 0.25) is 0 Å². The Hall–Kier alpha value is -3.55. The normalized spacial score (nSPS) is 10.6. The van der Waals surface area contributed by atoms with Crippen LogP contribution in [-0.2, 0) is 0 Å². The number of hydrogen-bond acceptors (Lipinski definition) is 5. The lowest BCUT2D eigenvalue weighted by Crippen LogP contribution is -2.15. The topological polar surface area (TPSA) is 103 Å². The van der Waals surface area contributed by atoms with Gasteiger partial charge in [0.15, 0.2) is 5.69 Å². The van der Waals surface area contributed by atoms with Gasteiger partial charge in [-0.3, -0.25) is 14.9 Å². The maximum absolute atomic E-state index is 12.6. The summed E-state index contributed by atoms with van der Waals surface area (Å²) in [6, 6.07) is 11.7. The molecule has 0 saturated carbocycles. The Balaban J connectivity index is 1.91. The second-order valence-electron chi connectivity index (χ2n) is 5.91. The van der Waals surface area contributed by atoms with Crippen molar-refractivity contribution in [3.05, 3.63) is 75.1 Å². The second-order valence-corrected chi connectivity index (χ2v) is 5.91. The summed E-state index contributed by atoms with van der Waals surface area (Å²) in [6.45, 7) is 5.59. The number of carbonyl (C=O) groups is 1. The van der Waals surface area contributed by atoms with Gasteiger partial charge in [0.1, 0.15) is 0 Å². The van der Waals surface area contributed by atoms with E-state index in [9.17, 15) is 14.9 Å². The molecule has 132 valence electrons. The van der Waals surface area contributed by atoms with Crippen LogP contribution in [0.3, 0.4) is 0 Å². The van der Waals surface area contributed by atoms with E-state index in [0.717, 1.165) is 11.1 Å². The molecular weight excluding hydrogens is 334 g/mol. The van der Waals surface area contributed by atoms with E-state index in [1.54, 1.807) is 19.1 Å². The molecule has 0 saturated heterocycles. The van der Waals surface area contributed by atoms with Gasteiger partial charge in [-0.25, -0.2) is 4.68 Å². The summed E-state index contributed by atoms with van der Waals surface area (Å²) in [6.07, 6.45) is 0. The largest absolute Gasteiger partial charge is 0.320 e. The van der Waals surface area contributed by atoms with E-state index in [1.807, 2.05) is 32.0 Å². The molecule has 0 spiro atoms. The van der Waals surface area contributed by atoms with Crippen molar-refractivity contribution < 1.29 is 9.72 Å². The number of non-ortho nitro benzene ring substituents is 1. The number of aryl methyl sites for hydroxylation is 1. The summed E-state index contributed by atoms with van der Waals surface area (Å²) in [4.78, 5) is 23.0. The van der Waals surface area contributed by atoms with E-state index in [0.29, 0.717) is 17.1 Å². The third-order valence-corrected chi connectivity index (χ3v) is 4.25. The molecule has 0 aliphatic heterocycles. The van der Waals surface area contributed by atoms with Gasteiger partial charge in [0.05, 0.1) is 16.3 Å². The van der Waals surface area contributed by atoms with Crippen molar-refractivity contribution in [1.29, 1.82) is 0 Å². The Kier molecular flexibility index (Phi) is 4.49. The van der Waals surface area contributed by atoms with Crippen LogP contribution in [0.1, 0.15) is 27.3 Å². The van der Waals surface area contributed by atoms with E-state index in [4.69, 9.17) is 0 Å². The second kappa shape index (κ2) is 6.75. The number of nitrogens with zero attached hydrogens (tertiary/aromatic N) is 4. The molecule has 0 fully saturated rings. The summed E-state index contributed by atoms with van der Waals surface area (Å²) >= 11 is 0. The number of rotatable bonds is 4. The molecule has 0 unspecified atom stereocenters. The van der Waals surface area contributed by atoms with Crippen LogP contribution in [0.5, 0.6) is 0 Å². The number of nitrogens with one attached hydrogen (secondary N) is 1. The molecule has 1 amide bonds. The Morgan fingerprint density at radius 3 is 2.62 bits per heavy atom. The summed E-state index contributed by atoms with van der Waals surface area (Å²) in [5.41, 5.74) is 3.82.